The standard InChI is InChI=1S/C13H12N2O4S/c1-14-10(16)7-11(15(2)13(14)19)20-9-6-4-3-5-8(9)12(17)18/h3-7H,1-2H3,(H,17,18)/p-1. The monoisotopic (exact) mass is 291 g/mol. The first-order valence-electron chi connectivity index (χ1n) is 5.67. The number of aromatic nitrogens is 2. The van der Waals surface area contributed by atoms with E-state index in [1.54, 1.807) is 18.2 Å². The maximum atomic E-state index is 11.8. The zero-order valence-corrected chi connectivity index (χ0v) is 11.6. The fourth-order valence-corrected chi connectivity index (χ4v) is 2.66. The van der Waals surface area contributed by atoms with E-state index in [1.807, 2.05) is 0 Å². The fourth-order valence-electron chi connectivity index (χ4n) is 1.65. The van der Waals surface area contributed by atoms with Gasteiger partial charge in [-0.15, -0.1) is 0 Å². The number of carboxylic acid groups (broad SMARTS) is 1. The summed E-state index contributed by atoms with van der Waals surface area (Å²) in [7, 11) is 2.90. The van der Waals surface area contributed by atoms with Crippen LogP contribution in [0.15, 0.2) is 49.8 Å². The van der Waals surface area contributed by atoms with Gasteiger partial charge in [0.2, 0.25) is 0 Å². The van der Waals surface area contributed by atoms with Crippen molar-refractivity contribution in [2.45, 2.75) is 9.92 Å². The van der Waals surface area contributed by atoms with Crippen molar-refractivity contribution in [1.82, 2.24) is 9.13 Å². The van der Waals surface area contributed by atoms with Crippen molar-refractivity contribution < 1.29 is 9.90 Å². The Balaban J connectivity index is 2.54. The molecule has 2 aromatic rings. The molecular formula is C13H11N2O4S-. The van der Waals surface area contributed by atoms with Crippen LogP contribution in [-0.2, 0) is 14.1 Å². The smallest absolute Gasteiger partial charge is 0.331 e. The summed E-state index contributed by atoms with van der Waals surface area (Å²) in [5, 5.41) is 11.4. The highest BCUT2D eigenvalue weighted by molar-refractivity contribution is 7.99. The molecule has 0 radical (unpaired) electrons. The quantitative estimate of drug-likeness (QED) is 0.718. The van der Waals surface area contributed by atoms with Gasteiger partial charge in [-0.05, 0) is 6.07 Å². The fraction of sp³-hybridized carbons (Fsp3) is 0.154. The maximum absolute atomic E-state index is 11.8. The first-order chi connectivity index (χ1) is 9.41. The molecule has 0 bridgehead atoms. The minimum absolute atomic E-state index is 0.0191. The maximum Gasteiger partial charge on any atom is 0.331 e. The van der Waals surface area contributed by atoms with Crippen LogP contribution < -0.4 is 16.4 Å². The molecule has 104 valence electrons. The van der Waals surface area contributed by atoms with Crippen LogP contribution in [0.5, 0.6) is 0 Å². The Bertz CT molecular complexity index is 792. The second-order valence-corrected chi connectivity index (χ2v) is 5.17. The SMILES string of the molecule is Cn1c(Sc2ccccc2C(=O)[O-])cc(=O)n(C)c1=O. The average Bonchev–Trinajstić information content (AvgIpc) is 2.43. The van der Waals surface area contributed by atoms with Crippen molar-refractivity contribution in [2.75, 3.05) is 0 Å². The van der Waals surface area contributed by atoms with Crippen LogP contribution >= 0.6 is 11.8 Å². The van der Waals surface area contributed by atoms with Crippen LogP contribution in [0.2, 0.25) is 0 Å². The molecule has 1 aromatic carbocycles. The largest absolute Gasteiger partial charge is 0.545 e. The lowest BCUT2D eigenvalue weighted by Crippen LogP contribution is -2.37. The summed E-state index contributed by atoms with van der Waals surface area (Å²) in [5.41, 5.74) is -0.891. The number of carbonyl (C=O) groups excluding carboxylic acids is 1. The number of rotatable bonds is 3. The Morgan fingerprint density at radius 1 is 1.15 bits per heavy atom. The first-order valence-corrected chi connectivity index (χ1v) is 6.48. The van der Waals surface area contributed by atoms with Gasteiger partial charge in [-0.2, -0.15) is 0 Å². The lowest BCUT2D eigenvalue weighted by atomic mass is 10.2. The van der Waals surface area contributed by atoms with Gasteiger partial charge in [-0.3, -0.25) is 13.9 Å². The van der Waals surface area contributed by atoms with Crippen molar-refractivity contribution in [3.05, 3.63) is 56.7 Å². The topological polar surface area (TPSA) is 84.1 Å². The van der Waals surface area contributed by atoms with Crippen molar-refractivity contribution in [3.63, 3.8) is 0 Å². The van der Waals surface area contributed by atoms with Crippen LogP contribution in [0, 0.1) is 0 Å². The molecule has 0 saturated heterocycles. The van der Waals surface area contributed by atoms with E-state index in [1.165, 1.54) is 30.8 Å². The van der Waals surface area contributed by atoms with Crippen LogP contribution in [0.3, 0.4) is 0 Å². The number of benzene rings is 1. The third-order valence-corrected chi connectivity index (χ3v) is 3.98. The predicted molar refractivity (Wildman–Crippen MR) is 71.8 cm³/mol. The molecular weight excluding hydrogens is 280 g/mol. The molecule has 0 aliphatic rings. The average molecular weight is 291 g/mol. The zero-order valence-electron chi connectivity index (χ0n) is 10.8. The van der Waals surface area contributed by atoms with Gasteiger partial charge in [0.1, 0.15) is 0 Å². The number of nitrogens with zero attached hydrogens (tertiary/aromatic N) is 2. The van der Waals surface area contributed by atoms with E-state index in [9.17, 15) is 19.5 Å². The summed E-state index contributed by atoms with van der Waals surface area (Å²) in [6.45, 7) is 0. The molecule has 0 unspecified atom stereocenters. The second-order valence-electron chi connectivity index (χ2n) is 4.11. The summed E-state index contributed by atoms with van der Waals surface area (Å²) in [6, 6.07) is 7.55. The molecule has 1 aromatic heterocycles. The van der Waals surface area contributed by atoms with Gasteiger partial charge >= 0.3 is 5.69 Å². The minimum Gasteiger partial charge on any atom is -0.545 e. The molecule has 0 spiro atoms. The summed E-state index contributed by atoms with van der Waals surface area (Å²) < 4.78 is 2.27. The molecule has 1 heterocycles. The van der Waals surface area contributed by atoms with Crippen LogP contribution in [0.1, 0.15) is 10.4 Å². The summed E-state index contributed by atoms with van der Waals surface area (Å²) in [4.78, 5) is 34.9. The number of carboxylic acids is 1. The Morgan fingerprint density at radius 3 is 2.45 bits per heavy atom. The molecule has 6 nitrogen and oxygen atoms in total. The first kappa shape index (κ1) is 14.1. The van der Waals surface area contributed by atoms with Gasteiger partial charge in [0.15, 0.2) is 0 Å². The van der Waals surface area contributed by atoms with Crippen LogP contribution in [0.4, 0.5) is 0 Å². The molecule has 0 saturated carbocycles. The number of aromatic carboxylic acids is 1. The number of hydrogen-bond donors (Lipinski definition) is 0. The summed E-state index contributed by atoms with van der Waals surface area (Å²) in [6.07, 6.45) is 0. The second kappa shape index (κ2) is 5.38. The van der Waals surface area contributed by atoms with Gasteiger partial charge in [0.25, 0.3) is 5.56 Å². The van der Waals surface area contributed by atoms with E-state index >= 15 is 0 Å². The molecule has 0 amide bonds. The van der Waals surface area contributed by atoms with Gasteiger partial charge in [0.05, 0.1) is 11.0 Å². The number of carbonyl (C=O) groups is 1. The summed E-state index contributed by atoms with van der Waals surface area (Å²) >= 11 is 1.03. The van der Waals surface area contributed by atoms with Crippen LogP contribution in [-0.4, -0.2) is 15.1 Å². The Hall–Kier alpha value is -2.28. The molecule has 2 rings (SSSR count). The van der Waals surface area contributed by atoms with E-state index in [4.69, 9.17) is 0 Å². The molecule has 7 heteroatoms. The highest BCUT2D eigenvalue weighted by Crippen LogP contribution is 2.28. The highest BCUT2D eigenvalue weighted by atomic mass is 32.2. The molecule has 0 atom stereocenters. The zero-order chi connectivity index (χ0) is 14.9. The third-order valence-electron chi connectivity index (χ3n) is 2.80. The van der Waals surface area contributed by atoms with Crippen molar-refractivity contribution in [2.24, 2.45) is 14.1 Å². The normalized spacial score (nSPS) is 10.5. The van der Waals surface area contributed by atoms with E-state index in [0.29, 0.717) is 9.92 Å². The molecule has 0 aliphatic heterocycles. The van der Waals surface area contributed by atoms with Crippen molar-refractivity contribution in [1.29, 1.82) is 0 Å². The van der Waals surface area contributed by atoms with Gasteiger partial charge in [-0.25, -0.2) is 4.79 Å². The van der Waals surface area contributed by atoms with Crippen molar-refractivity contribution >= 4 is 17.7 Å². The minimum atomic E-state index is -1.30. The molecule has 0 N–H and O–H groups in total. The lowest BCUT2D eigenvalue weighted by Gasteiger charge is -2.12. The van der Waals surface area contributed by atoms with E-state index in [-0.39, 0.29) is 5.56 Å². The highest BCUT2D eigenvalue weighted by Gasteiger charge is 2.10. The van der Waals surface area contributed by atoms with Crippen LogP contribution in [0.25, 0.3) is 0 Å². The van der Waals surface area contributed by atoms with Crippen molar-refractivity contribution in [3.8, 4) is 0 Å². The van der Waals surface area contributed by atoms with Gasteiger partial charge in [-0.1, -0.05) is 30.0 Å². The van der Waals surface area contributed by atoms with Gasteiger partial charge < -0.3 is 9.90 Å². The Kier molecular flexibility index (Phi) is 3.80. The van der Waals surface area contributed by atoms with E-state index in [0.717, 1.165) is 16.3 Å². The molecule has 20 heavy (non-hydrogen) atoms. The third kappa shape index (κ3) is 2.53. The number of hydrogen-bond acceptors (Lipinski definition) is 5. The Morgan fingerprint density at radius 2 is 1.80 bits per heavy atom. The van der Waals surface area contributed by atoms with E-state index in [2.05, 4.69) is 0 Å². The van der Waals surface area contributed by atoms with E-state index < -0.39 is 17.2 Å². The lowest BCUT2D eigenvalue weighted by molar-refractivity contribution is -0.255. The molecule has 0 aliphatic carbocycles. The van der Waals surface area contributed by atoms with Gasteiger partial charge in [0, 0.05) is 30.6 Å². The Labute approximate surface area is 118 Å². The summed E-state index contributed by atoms with van der Waals surface area (Å²) in [5.74, 6) is -1.30. The predicted octanol–water partition coefficient (Wildman–Crippen LogP) is -0.401. The molecule has 0 fully saturated rings.